The van der Waals surface area contributed by atoms with Crippen molar-refractivity contribution < 1.29 is 19.1 Å². The minimum absolute atomic E-state index is 0.0228. The van der Waals surface area contributed by atoms with Crippen LogP contribution in [-0.2, 0) is 14.3 Å². The van der Waals surface area contributed by atoms with Crippen molar-refractivity contribution in [3.63, 3.8) is 0 Å². The summed E-state index contributed by atoms with van der Waals surface area (Å²) in [5, 5.41) is 10.3. The zero-order chi connectivity index (χ0) is 20.6. The summed E-state index contributed by atoms with van der Waals surface area (Å²) in [7, 11) is 0. The second-order valence-electron chi connectivity index (χ2n) is 5.64. The number of nitrogens with zero attached hydrogens (tertiary/aromatic N) is 2. The number of nitrogen functional groups attached to an aromatic ring is 1. The Hall–Kier alpha value is -3.24. The van der Waals surface area contributed by atoms with Gasteiger partial charge in [-0.1, -0.05) is 65.6 Å². The van der Waals surface area contributed by atoms with Crippen molar-refractivity contribution in [2.24, 2.45) is 0 Å². The van der Waals surface area contributed by atoms with Crippen LogP contribution in [0.15, 0.2) is 58.9 Å². The van der Waals surface area contributed by atoms with E-state index in [4.69, 9.17) is 10.5 Å². The number of hydrogen-bond donors (Lipinski definition) is 2. The molecule has 0 aliphatic heterocycles. The van der Waals surface area contributed by atoms with Gasteiger partial charge in [0.25, 0.3) is 5.91 Å². The third kappa shape index (κ3) is 5.87. The fraction of sp³-hybridized carbons (Fsp3) is 0.105. The molecule has 0 fully saturated rings. The van der Waals surface area contributed by atoms with Gasteiger partial charge in [-0.25, -0.2) is 0 Å². The Morgan fingerprint density at radius 2 is 1.76 bits per heavy atom. The van der Waals surface area contributed by atoms with Gasteiger partial charge >= 0.3 is 5.97 Å². The van der Waals surface area contributed by atoms with Crippen molar-refractivity contribution in [3.8, 4) is 0 Å². The predicted molar refractivity (Wildman–Crippen MR) is 111 cm³/mol. The number of ketones is 1. The van der Waals surface area contributed by atoms with Crippen molar-refractivity contribution >= 4 is 51.6 Å². The van der Waals surface area contributed by atoms with Crippen LogP contribution in [0.2, 0.25) is 0 Å². The van der Waals surface area contributed by atoms with Crippen molar-refractivity contribution in [3.05, 3.63) is 65.7 Å². The van der Waals surface area contributed by atoms with Gasteiger partial charge in [-0.15, -0.1) is 10.2 Å². The molecule has 0 saturated heterocycles. The first-order valence-corrected chi connectivity index (χ1v) is 10.2. The van der Waals surface area contributed by atoms with Gasteiger partial charge in [0.1, 0.15) is 0 Å². The standard InChI is InChI=1S/C19H16N4O4S2/c20-18-22-23-19(29-18)28-11-16(25)27-10-15(24)21-14-9-5-4-8-13(14)17(26)12-6-2-1-3-7-12/h1-9H,10-11H2,(H2,20,22)(H,21,24). The zero-order valence-electron chi connectivity index (χ0n) is 15.0. The quantitative estimate of drug-likeness (QED) is 0.319. The molecule has 2 aromatic carbocycles. The SMILES string of the molecule is Nc1nnc(SCC(=O)OCC(=O)Nc2ccccc2C(=O)c2ccccc2)s1. The third-order valence-electron chi connectivity index (χ3n) is 3.58. The van der Waals surface area contributed by atoms with Gasteiger partial charge in [0.05, 0.1) is 11.4 Å². The van der Waals surface area contributed by atoms with Crippen LogP contribution < -0.4 is 11.1 Å². The van der Waals surface area contributed by atoms with Crippen LogP contribution >= 0.6 is 23.1 Å². The van der Waals surface area contributed by atoms with Crippen molar-refractivity contribution in [2.45, 2.75) is 4.34 Å². The summed E-state index contributed by atoms with van der Waals surface area (Å²) >= 11 is 2.28. The van der Waals surface area contributed by atoms with Gasteiger partial charge in [0.2, 0.25) is 5.13 Å². The summed E-state index contributed by atoms with van der Waals surface area (Å²) in [6.07, 6.45) is 0. The first-order chi connectivity index (χ1) is 14.0. The highest BCUT2D eigenvalue weighted by atomic mass is 32.2. The normalized spacial score (nSPS) is 10.3. The second kappa shape index (κ2) is 9.80. The monoisotopic (exact) mass is 428 g/mol. The molecule has 10 heteroatoms. The maximum absolute atomic E-state index is 12.7. The molecule has 29 heavy (non-hydrogen) atoms. The number of thioether (sulfide) groups is 1. The molecular formula is C19H16N4O4S2. The van der Waals surface area contributed by atoms with E-state index in [1.54, 1.807) is 48.5 Å². The number of hydrogen-bond acceptors (Lipinski definition) is 9. The molecule has 148 valence electrons. The van der Waals surface area contributed by atoms with Crippen molar-refractivity contribution in [1.29, 1.82) is 0 Å². The van der Waals surface area contributed by atoms with Crippen molar-refractivity contribution in [1.82, 2.24) is 10.2 Å². The molecule has 0 bridgehead atoms. The summed E-state index contributed by atoms with van der Waals surface area (Å²) in [5.41, 5.74) is 6.67. The molecule has 0 atom stereocenters. The Morgan fingerprint density at radius 1 is 1.03 bits per heavy atom. The zero-order valence-corrected chi connectivity index (χ0v) is 16.7. The van der Waals surface area contributed by atoms with Gasteiger partial charge < -0.3 is 15.8 Å². The van der Waals surface area contributed by atoms with Crippen LogP contribution in [0.4, 0.5) is 10.8 Å². The van der Waals surface area contributed by atoms with Crippen LogP contribution in [0.3, 0.4) is 0 Å². The summed E-state index contributed by atoms with van der Waals surface area (Å²) in [6, 6.07) is 15.4. The molecule has 0 aliphatic carbocycles. The number of carbonyl (C=O) groups is 3. The van der Waals surface area contributed by atoms with Crippen molar-refractivity contribution in [2.75, 3.05) is 23.4 Å². The van der Waals surface area contributed by atoms with Crippen LogP contribution in [0.1, 0.15) is 15.9 Å². The molecule has 1 heterocycles. The Bertz CT molecular complexity index is 1020. The van der Waals surface area contributed by atoms with Crippen LogP contribution in [0, 0.1) is 0 Å². The van der Waals surface area contributed by atoms with E-state index in [1.807, 2.05) is 6.07 Å². The summed E-state index contributed by atoms with van der Waals surface area (Å²) in [6.45, 7) is -0.467. The number of nitrogens with two attached hydrogens (primary N) is 1. The second-order valence-corrected chi connectivity index (χ2v) is 7.88. The van der Waals surface area contributed by atoms with Crippen LogP contribution in [0.5, 0.6) is 0 Å². The minimum atomic E-state index is -0.576. The fourth-order valence-corrected chi connectivity index (χ4v) is 3.74. The molecule has 0 unspecified atom stereocenters. The van der Waals surface area contributed by atoms with E-state index >= 15 is 0 Å². The van der Waals surface area contributed by atoms with E-state index in [9.17, 15) is 14.4 Å². The lowest BCUT2D eigenvalue weighted by Crippen LogP contribution is -2.22. The maximum atomic E-state index is 12.7. The molecule has 0 radical (unpaired) electrons. The number of carbonyl (C=O) groups excluding carboxylic acids is 3. The summed E-state index contributed by atoms with van der Waals surface area (Å²) in [5.74, 6) is -1.36. The number of nitrogens with one attached hydrogen (secondary N) is 1. The van der Waals surface area contributed by atoms with E-state index in [0.29, 0.717) is 26.3 Å². The van der Waals surface area contributed by atoms with Crippen LogP contribution in [-0.4, -0.2) is 40.2 Å². The van der Waals surface area contributed by atoms with E-state index in [-0.39, 0.29) is 11.5 Å². The number of aromatic nitrogens is 2. The number of anilines is 2. The number of esters is 1. The molecule has 0 spiro atoms. The fourth-order valence-electron chi connectivity index (χ4n) is 2.31. The molecule has 3 rings (SSSR count). The van der Waals surface area contributed by atoms with E-state index < -0.39 is 18.5 Å². The Kier molecular flexibility index (Phi) is 6.93. The van der Waals surface area contributed by atoms with E-state index in [1.165, 1.54) is 0 Å². The molecule has 0 saturated carbocycles. The number of para-hydroxylation sites is 1. The minimum Gasteiger partial charge on any atom is -0.455 e. The highest BCUT2D eigenvalue weighted by Crippen LogP contribution is 2.23. The van der Waals surface area contributed by atoms with E-state index in [0.717, 1.165) is 23.1 Å². The smallest absolute Gasteiger partial charge is 0.316 e. The maximum Gasteiger partial charge on any atom is 0.316 e. The highest BCUT2D eigenvalue weighted by molar-refractivity contribution is 8.01. The Morgan fingerprint density at radius 3 is 2.48 bits per heavy atom. The lowest BCUT2D eigenvalue weighted by Gasteiger charge is -2.10. The molecule has 1 amide bonds. The largest absolute Gasteiger partial charge is 0.455 e. The van der Waals surface area contributed by atoms with Gasteiger partial charge in [0.15, 0.2) is 16.7 Å². The summed E-state index contributed by atoms with van der Waals surface area (Å²) in [4.78, 5) is 36.6. The number of ether oxygens (including phenoxy) is 1. The first-order valence-electron chi connectivity index (χ1n) is 8.39. The molecular weight excluding hydrogens is 412 g/mol. The number of benzene rings is 2. The van der Waals surface area contributed by atoms with Gasteiger partial charge in [-0.3, -0.25) is 14.4 Å². The Balaban J connectivity index is 1.54. The average molecular weight is 428 g/mol. The number of amides is 1. The molecule has 3 N–H and O–H groups in total. The van der Waals surface area contributed by atoms with Gasteiger partial charge in [-0.05, 0) is 12.1 Å². The lowest BCUT2D eigenvalue weighted by atomic mass is 10.0. The molecule has 1 aromatic heterocycles. The molecule has 3 aromatic rings. The van der Waals surface area contributed by atoms with Crippen LogP contribution in [0.25, 0.3) is 0 Å². The summed E-state index contributed by atoms with van der Waals surface area (Å²) < 4.78 is 5.50. The predicted octanol–water partition coefficient (Wildman–Crippen LogP) is 2.63. The number of rotatable bonds is 8. The van der Waals surface area contributed by atoms with Gasteiger partial charge in [0, 0.05) is 11.1 Å². The third-order valence-corrected chi connectivity index (χ3v) is 5.44. The lowest BCUT2D eigenvalue weighted by molar-refractivity contribution is -0.144. The molecule has 0 aliphatic rings. The average Bonchev–Trinajstić information content (AvgIpc) is 3.16. The highest BCUT2D eigenvalue weighted by Gasteiger charge is 2.16. The molecule has 8 nitrogen and oxygen atoms in total. The Labute approximate surface area is 174 Å². The van der Waals surface area contributed by atoms with Gasteiger partial charge in [-0.2, -0.15) is 0 Å². The van der Waals surface area contributed by atoms with E-state index in [2.05, 4.69) is 15.5 Å². The first kappa shape index (κ1) is 20.5. The topological polar surface area (TPSA) is 124 Å².